The summed E-state index contributed by atoms with van der Waals surface area (Å²) in [6, 6.07) is 14.3. The first-order valence-electron chi connectivity index (χ1n) is 9.25. The number of thioether (sulfide) groups is 1. The maximum absolute atomic E-state index is 12.9. The number of fused-ring (bicyclic) bond motifs is 1. The average molecular weight is 411 g/mol. The van der Waals surface area contributed by atoms with E-state index in [0.29, 0.717) is 0 Å². The molecule has 7 heteroatoms. The first-order valence-corrected chi connectivity index (χ1v) is 10.9. The van der Waals surface area contributed by atoms with E-state index in [-0.39, 0.29) is 11.2 Å². The SMILES string of the molecule is Cc1ccc(Nc2nnc(S[C@@H](C)C(=O)N3CCc4ccccc43)s2)cc1C. The largest absolute Gasteiger partial charge is 0.330 e. The van der Waals surface area contributed by atoms with Gasteiger partial charge in [0, 0.05) is 17.9 Å². The predicted molar refractivity (Wildman–Crippen MR) is 117 cm³/mol. The molecule has 0 spiro atoms. The van der Waals surface area contributed by atoms with Gasteiger partial charge in [-0.15, -0.1) is 10.2 Å². The number of para-hydroxylation sites is 1. The highest BCUT2D eigenvalue weighted by Gasteiger charge is 2.28. The average Bonchev–Trinajstić information content (AvgIpc) is 3.31. The number of nitrogens with one attached hydrogen (secondary N) is 1. The van der Waals surface area contributed by atoms with Crippen molar-refractivity contribution in [3.8, 4) is 0 Å². The standard InChI is InChI=1S/C21H22N4OS2/c1-13-8-9-17(12-14(13)2)22-20-23-24-21(28-20)27-15(3)19(26)25-11-10-16-6-4-5-7-18(16)25/h4-9,12,15H,10-11H2,1-3H3,(H,22,23)/t15-/m0/s1. The van der Waals surface area contributed by atoms with Gasteiger partial charge in [-0.25, -0.2) is 0 Å². The van der Waals surface area contributed by atoms with Gasteiger partial charge < -0.3 is 10.2 Å². The van der Waals surface area contributed by atoms with Crippen LogP contribution >= 0.6 is 23.1 Å². The third-order valence-corrected chi connectivity index (χ3v) is 6.95. The van der Waals surface area contributed by atoms with Crippen LogP contribution in [0, 0.1) is 13.8 Å². The van der Waals surface area contributed by atoms with Crippen LogP contribution in [0.3, 0.4) is 0 Å². The highest BCUT2D eigenvalue weighted by molar-refractivity contribution is 8.02. The summed E-state index contributed by atoms with van der Waals surface area (Å²) < 4.78 is 0.791. The predicted octanol–water partition coefficient (Wildman–Crippen LogP) is 4.97. The van der Waals surface area contributed by atoms with Crippen molar-refractivity contribution in [2.45, 2.75) is 36.8 Å². The Morgan fingerprint density at radius 3 is 2.82 bits per heavy atom. The molecule has 4 rings (SSSR count). The first-order chi connectivity index (χ1) is 13.5. The molecule has 0 bridgehead atoms. The van der Waals surface area contributed by atoms with Gasteiger partial charge in [-0.3, -0.25) is 4.79 Å². The minimum absolute atomic E-state index is 0.119. The smallest absolute Gasteiger partial charge is 0.240 e. The zero-order chi connectivity index (χ0) is 19.7. The van der Waals surface area contributed by atoms with E-state index < -0.39 is 0 Å². The zero-order valence-corrected chi connectivity index (χ0v) is 17.7. The lowest BCUT2D eigenvalue weighted by molar-refractivity contribution is -0.117. The summed E-state index contributed by atoms with van der Waals surface area (Å²) in [5.74, 6) is 0.119. The van der Waals surface area contributed by atoms with Gasteiger partial charge in [-0.1, -0.05) is 47.4 Å². The highest BCUT2D eigenvalue weighted by Crippen LogP contribution is 2.34. The Kier molecular flexibility index (Phi) is 5.37. The summed E-state index contributed by atoms with van der Waals surface area (Å²) in [6.07, 6.45) is 0.919. The fourth-order valence-corrected chi connectivity index (χ4v) is 5.22. The highest BCUT2D eigenvalue weighted by atomic mass is 32.2. The molecule has 1 aliphatic heterocycles. The number of hydrogen-bond donors (Lipinski definition) is 1. The van der Waals surface area contributed by atoms with Gasteiger partial charge in [0.25, 0.3) is 0 Å². The molecular formula is C21H22N4OS2. The van der Waals surface area contributed by atoms with Crippen LogP contribution in [0.4, 0.5) is 16.5 Å². The topological polar surface area (TPSA) is 58.1 Å². The number of anilines is 3. The second-order valence-corrected chi connectivity index (χ2v) is 9.49. The molecule has 5 nitrogen and oxygen atoms in total. The van der Waals surface area contributed by atoms with Crippen molar-refractivity contribution < 1.29 is 4.79 Å². The molecule has 0 unspecified atom stereocenters. The normalized spacial score (nSPS) is 14.0. The number of rotatable bonds is 5. The van der Waals surface area contributed by atoms with Crippen molar-refractivity contribution in [1.82, 2.24) is 10.2 Å². The molecule has 0 radical (unpaired) electrons. The lowest BCUT2D eigenvalue weighted by Crippen LogP contribution is -2.35. The summed E-state index contributed by atoms with van der Waals surface area (Å²) in [6.45, 7) is 6.87. The molecular weight excluding hydrogens is 388 g/mol. The third-order valence-electron chi connectivity index (χ3n) is 4.94. The van der Waals surface area contributed by atoms with E-state index in [2.05, 4.69) is 47.6 Å². The van der Waals surface area contributed by atoms with Crippen molar-refractivity contribution in [1.29, 1.82) is 0 Å². The maximum Gasteiger partial charge on any atom is 0.240 e. The zero-order valence-electron chi connectivity index (χ0n) is 16.1. The molecule has 1 atom stereocenters. The van der Waals surface area contributed by atoms with Crippen LogP contribution in [0.2, 0.25) is 0 Å². The van der Waals surface area contributed by atoms with E-state index in [4.69, 9.17) is 0 Å². The number of carbonyl (C=O) groups excluding carboxylic acids is 1. The Morgan fingerprint density at radius 1 is 1.18 bits per heavy atom. The van der Waals surface area contributed by atoms with Gasteiger partial charge >= 0.3 is 0 Å². The second kappa shape index (κ2) is 7.93. The van der Waals surface area contributed by atoms with E-state index in [1.165, 1.54) is 39.8 Å². The van der Waals surface area contributed by atoms with Crippen molar-refractivity contribution in [2.75, 3.05) is 16.8 Å². The van der Waals surface area contributed by atoms with Crippen molar-refractivity contribution in [3.63, 3.8) is 0 Å². The van der Waals surface area contributed by atoms with Crippen LogP contribution in [-0.2, 0) is 11.2 Å². The quantitative estimate of drug-likeness (QED) is 0.602. The number of aryl methyl sites for hydroxylation is 2. The van der Waals surface area contributed by atoms with Crippen molar-refractivity contribution in [2.24, 2.45) is 0 Å². The Labute approximate surface area is 173 Å². The van der Waals surface area contributed by atoms with Crippen molar-refractivity contribution >= 4 is 45.5 Å². The van der Waals surface area contributed by atoms with Crippen LogP contribution in [0.1, 0.15) is 23.6 Å². The van der Waals surface area contributed by atoms with Crippen LogP contribution < -0.4 is 10.2 Å². The lowest BCUT2D eigenvalue weighted by Gasteiger charge is -2.20. The van der Waals surface area contributed by atoms with E-state index in [1.54, 1.807) is 0 Å². The van der Waals surface area contributed by atoms with Gasteiger partial charge in [0.1, 0.15) is 0 Å². The molecule has 0 saturated carbocycles. The summed E-state index contributed by atoms with van der Waals surface area (Å²) in [7, 11) is 0. The van der Waals surface area contributed by atoms with Gasteiger partial charge in [0.2, 0.25) is 11.0 Å². The molecule has 1 N–H and O–H groups in total. The van der Waals surface area contributed by atoms with Crippen LogP contribution in [-0.4, -0.2) is 27.9 Å². The lowest BCUT2D eigenvalue weighted by atomic mass is 10.1. The minimum Gasteiger partial charge on any atom is -0.330 e. The Hall–Kier alpha value is -2.38. The Bertz CT molecular complexity index is 1020. The number of carbonyl (C=O) groups is 1. The van der Waals surface area contributed by atoms with Gasteiger partial charge in [-0.05, 0) is 62.1 Å². The van der Waals surface area contributed by atoms with Gasteiger partial charge in [0.05, 0.1) is 5.25 Å². The van der Waals surface area contributed by atoms with Crippen LogP contribution in [0.15, 0.2) is 46.8 Å². The Morgan fingerprint density at radius 2 is 2.00 bits per heavy atom. The number of nitrogens with zero attached hydrogens (tertiary/aromatic N) is 3. The fourth-order valence-electron chi connectivity index (χ4n) is 3.24. The van der Waals surface area contributed by atoms with Crippen LogP contribution in [0.25, 0.3) is 0 Å². The van der Waals surface area contributed by atoms with E-state index in [1.807, 2.05) is 36.1 Å². The molecule has 0 fully saturated rings. The third kappa shape index (κ3) is 3.91. The number of benzene rings is 2. The molecule has 2 heterocycles. The van der Waals surface area contributed by atoms with E-state index in [9.17, 15) is 4.79 Å². The summed E-state index contributed by atoms with van der Waals surface area (Å²) in [5, 5.41) is 12.3. The molecule has 144 valence electrons. The van der Waals surface area contributed by atoms with E-state index in [0.717, 1.165) is 33.8 Å². The first kappa shape index (κ1) is 19.0. The second-order valence-electron chi connectivity index (χ2n) is 6.93. The number of amides is 1. The molecule has 1 amide bonds. The molecule has 3 aromatic rings. The number of aromatic nitrogens is 2. The van der Waals surface area contributed by atoms with Gasteiger partial charge in [-0.2, -0.15) is 0 Å². The molecule has 2 aromatic carbocycles. The maximum atomic E-state index is 12.9. The molecule has 1 aliphatic rings. The van der Waals surface area contributed by atoms with Crippen molar-refractivity contribution in [3.05, 3.63) is 59.2 Å². The summed E-state index contributed by atoms with van der Waals surface area (Å²) in [4.78, 5) is 14.8. The minimum atomic E-state index is -0.214. The fraction of sp³-hybridized carbons (Fsp3) is 0.286. The Balaban J connectivity index is 1.41. The molecule has 1 aromatic heterocycles. The molecule has 28 heavy (non-hydrogen) atoms. The summed E-state index contributed by atoms with van der Waals surface area (Å²) >= 11 is 2.93. The molecule has 0 aliphatic carbocycles. The summed E-state index contributed by atoms with van der Waals surface area (Å²) in [5.41, 5.74) is 5.76. The molecule has 0 saturated heterocycles. The van der Waals surface area contributed by atoms with Crippen LogP contribution in [0.5, 0.6) is 0 Å². The van der Waals surface area contributed by atoms with Gasteiger partial charge in [0.15, 0.2) is 4.34 Å². The monoisotopic (exact) mass is 410 g/mol. The number of hydrogen-bond acceptors (Lipinski definition) is 6. The van der Waals surface area contributed by atoms with E-state index >= 15 is 0 Å².